The van der Waals surface area contributed by atoms with Crippen molar-refractivity contribution in [2.45, 2.75) is 12.3 Å². The molecular weight excluding hydrogens is 214 g/mol. The summed E-state index contributed by atoms with van der Waals surface area (Å²) >= 11 is 0.445. The van der Waals surface area contributed by atoms with Crippen LogP contribution < -0.4 is 0 Å². The number of hydroxylamine groups is 2. The number of hydrogen-bond donors (Lipinski definition) is 1. The van der Waals surface area contributed by atoms with Crippen molar-refractivity contribution in [3.63, 3.8) is 0 Å². The molecule has 15 heavy (non-hydrogen) atoms. The van der Waals surface area contributed by atoms with Gasteiger partial charge >= 0.3 is 0 Å². The smallest absolute Gasteiger partial charge is 0.257 e. The molecule has 80 valence electrons. The Morgan fingerprint density at radius 3 is 2.67 bits per heavy atom. The third-order valence-corrected chi connectivity index (χ3v) is 3.35. The average Bonchev–Trinajstić information content (AvgIpc) is 2.17. The Morgan fingerprint density at radius 2 is 2.07 bits per heavy atom. The van der Waals surface area contributed by atoms with Gasteiger partial charge in [-0.25, -0.2) is 5.21 Å². The number of carbonyl (C=O) groups is 1. The first kappa shape index (κ1) is 10.6. The predicted molar refractivity (Wildman–Crippen MR) is 56.7 cm³/mol. The molecule has 4 nitrogen and oxygen atoms in total. The maximum Gasteiger partial charge on any atom is 0.257 e. The van der Waals surface area contributed by atoms with Crippen molar-refractivity contribution in [2.24, 2.45) is 0 Å². The van der Waals surface area contributed by atoms with E-state index in [1.165, 1.54) is 0 Å². The molecule has 0 spiro atoms. The lowest BCUT2D eigenvalue weighted by molar-refractivity contribution is -0.950. The Kier molecular flexibility index (Phi) is 2.79. The molecule has 0 saturated carbocycles. The highest BCUT2D eigenvalue weighted by Gasteiger charge is 2.36. The van der Waals surface area contributed by atoms with E-state index in [0.29, 0.717) is 18.4 Å². The number of benzene rings is 1. The molecule has 2 unspecified atom stereocenters. The van der Waals surface area contributed by atoms with Crippen LogP contribution in [0.3, 0.4) is 0 Å². The summed E-state index contributed by atoms with van der Waals surface area (Å²) in [7, 11) is 0. The van der Waals surface area contributed by atoms with Gasteiger partial charge in [0.25, 0.3) is 5.12 Å². The summed E-state index contributed by atoms with van der Waals surface area (Å²) in [6.07, 6.45) is 0.399. The molecule has 0 aliphatic carbocycles. The van der Waals surface area contributed by atoms with E-state index in [1.807, 2.05) is 30.3 Å². The van der Waals surface area contributed by atoms with Crippen molar-refractivity contribution >= 4 is 17.1 Å². The van der Waals surface area contributed by atoms with Gasteiger partial charge < -0.3 is 5.21 Å². The first-order valence-electron chi connectivity index (χ1n) is 4.69. The highest BCUT2D eigenvalue weighted by molar-refractivity contribution is 8.08. The fraction of sp³-hybridized carbons (Fsp3) is 0.300. The summed E-state index contributed by atoms with van der Waals surface area (Å²) in [6, 6.07) is 9.33. The lowest BCUT2D eigenvalue weighted by Gasteiger charge is -2.35. The number of hydrogen-bond acceptors (Lipinski definition) is 4. The van der Waals surface area contributed by atoms with Gasteiger partial charge in [0.15, 0.2) is 11.9 Å². The van der Waals surface area contributed by atoms with Crippen LogP contribution in [0.5, 0.6) is 0 Å². The number of carbonyl (C=O) groups excluding carboxylic acids is 1. The Hall–Kier alpha value is -0.880. The molecule has 1 saturated heterocycles. The van der Waals surface area contributed by atoms with E-state index in [1.54, 1.807) is 0 Å². The van der Waals surface area contributed by atoms with Crippen LogP contribution in [0.25, 0.3) is 0 Å². The van der Waals surface area contributed by atoms with Gasteiger partial charge in [0.2, 0.25) is 0 Å². The molecule has 1 aromatic carbocycles. The third kappa shape index (κ3) is 2.38. The quantitative estimate of drug-likeness (QED) is 0.451. The Labute approximate surface area is 91.8 Å². The zero-order valence-corrected chi connectivity index (χ0v) is 8.81. The molecule has 0 bridgehead atoms. The van der Waals surface area contributed by atoms with Crippen LogP contribution in [0.2, 0.25) is 0 Å². The second-order valence-corrected chi connectivity index (χ2v) is 4.68. The van der Waals surface area contributed by atoms with Crippen LogP contribution in [0.1, 0.15) is 17.9 Å². The number of quaternary nitrogens is 1. The molecule has 2 rings (SSSR count). The summed E-state index contributed by atoms with van der Waals surface area (Å²) in [4.78, 5) is 11.6. The van der Waals surface area contributed by atoms with E-state index in [-0.39, 0.29) is 17.6 Å². The van der Waals surface area contributed by atoms with Gasteiger partial charge in [0.1, 0.15) is 6.54 Å². The molecular formula is C10H11NO3S. The van der Waals surface area contributed by atoms with Gasteiger partial charge in [0.05, 0.1) is 5.92 Å². The van der Waals surface area contributed by atoms with Gasteiger partial charge in [-0.2, -0.15) is 0 Å². The van der Waals surface area contributed by atoms with E-state index in [0.717, 1.165) is 5.56 Å². The summed E-state index contributed by atoms with van der Waals surface area (Å²) in [5.74, 6) is -0.261. The molecule has 1 heterocycles. The molecule has 1 N–H and O–H groups in total. The summed E-state index contributed by atoms with van der Waals surface area (Å²) in [6.45, 7) is 0.0516. The van der Waals surface area contributed by atoms with Gasteiger partial charge in [-0.05, 0) is 5.56 Å². The van der Waals surface area contributed by atoms with Gasteiger partial charge in [0, 0.05) is 6.42 Å². The lowest BCUT2D eigenvalue weighted by atomic mass is 9.97. The van der Waals surface area contributed by atoms with Crippen LogP contribution in [0.15, 0.2) is 30.3 Å². The highest BCUT2D eigenvalue weighted by Crippen LogP contribution is 2.36. The fourth-order valence-electron chi connectivity index (χ4n) is 1.65. The maximum atomic E-state index is 11.6. The van der Waals surface area contributed by atoms with Crippen molar-refractivity contribution < 1.29 is 14.2 Å². The van der Waals surface area contributed by atoms with E-state index in [9.17, 15) is 10.0 Å². The average molecular weight is 225 g/mol. The first-order valence-corrected chi connectivity index (χ1v) is 5.46. The van der Waals surface area contributed by atoms with Crippen molar-refractivity contribution in [1.82, 2.24) is 0 Å². The predicted octanol–water partition coefficient (Wildman–Crippen LogP) is 2.05. The monoisotopic (exact) mass is 225 g/mol. The van der Waals surface area contributed by atoms with Crippen LogP contribution in [-0.4, -0.2) is 21.1 Å². The molecule has 1 aliphatic heterocycles. The van der Waals surface area contributed by atoms with Gasteiger partial charge in [-0.15, -0.1) is 4.21 Å². The van der Waals surface area contributed by atoms with E-state index >= 15 is 0 Å². The third-order valence-electron chi connectivity index (χ3n) is 2.42. The van der Waals surface area contributed by atoms with E-state index < -0.39 is 4.21 Å². The lowest BCUT2D eigenvalue weighted by Crippen LogP contribution is -2.39. The second-order valence-electron chi connectivity index (χ2n) is 3.52. The molecule has 1 aliphatic rings. The van der Waals surface area contributed by atoms with E-state index in [2.05, 4.69) is 0 Å². The van der Waals surface area contributed by atoms with Crippen molar-refractivity contribution in [3.05, 3.63) is 41.1 Å². The second kappa shape index (κ2) is 3.94. The minimum Gasteiger partial charge on any atom is -0.586 e. The van der Waals surface area contributed by atoms with Crippen LogP contribution >= 0.6 is 11.9 Å². The topological polar surface area (TPSA) is 60.4 Å². The van der Waals surface area contributed by atoms with Crippen LogP contribution in [-0.2, 0) is 4.79 Å². The molecule has 5 heteroatoms. The molecule has 0 radical (unpaired) electrons. The first-order chi connectivity index (χ1) is 7.08. The standard InChI is InChI=1S/C10H11NO3S/c12-10-9(6-7-11(13,14)15-10)8-4-2-1-3-5-8/h1-5,9,13H,6-7H2. The molecule has 1 aromatic rings. The van der Waals surface area contributed by atoms with Crippen LogP contribution in [0.4, 0.5) is 0 Å². The highest BCUT2D eigenvalue weighted by atomic mass is 32.2. The normalized spacial score (nSPS) is 31.6. The number of nitrogens with zero attached hydrogens (tertiary/aromatic N) is 1. The molecule has 2 atom stereocenters. The summed E-state index contributed by atoms with van der Waals surface area (Å²) in [5.41, 5.74) is 0.912. The zero-order chi connectivity index (χ0) is 10.9. The Balaban J connectivity index is 2.17. The SMILES string of the molecule is O=C1S[N+]([O-])(O)CCC1c1ccccc1. The summed E-state index contributed by atoms with van der Waals surface area (Å²) < 4.78 is -1.50. The largest absolute Gasteiger partial charge is 0.586 e. The molecule has 0 amide bonds. The van der Waals surface area contributed by atoms with Crippen molar-refractivity contribution in [3.8, 4) is 0 Å². The minimum atomic E-state index is -1.50. The van der Waals surface area contributed by atoms with E-state index in [4.69, 9.17) is 5.21 Å². The minimum absolute atomic E-state index is 0.0516. The van der Waals surface area contributed by atoms with Crippen LogP contribution in [0, 0.1) is 5.21 Å². The van der Waals surface area contributed by atoms with Crippen molar-refractivity contribution in [1.29, 1.82) is 0 Å². The fourth-order valence-corrected chi connectivity index (χ4v) is 2.51. The van der Waals surface area contributed by atoms with Gasteiger partial charge in [-0.1, -0.05) is 30.3 Å². The summed E-state index contributed by atoms with van der Waals surface area (Å²) in [5, 5.41) is 20.0. The Morgan fingerprint density at radius 1 is 1.40 bits per heavy atom. The molecule has 1 fully saturated rings. The number of rotatable bonds is 1. The van der Waals surface area contributed by atoms with Crippen molar-refractivity contribution in [2.75, 3.05) is 6.54 Å². The zero-order valence-electron chi connectivity index (χ0n) is 8.00. The van der Waals surface area contributed by atoms with Gasteiger partial charge in [-0.3, -0.25) is 4.79 Å². The maximum absolute atomic E-state index is 11.6. The molecule has 0 aromatic heterocycles. The Bertz CT molecular complexity index is 366.